The highest BCUT2D eigenvalue weighted by molar-refractivity contribution is 5.55. The quantitative estimate of drug-likeness (QED) is 0.521. The van der Waals surface area contributed by atoms with Crippen molar-refractivity contribution in [3.8, 4) is 0 Å². The fourth-order valence-corrected chi connectivity index (χ4v) is 0.961. The molecule has 0 N–H and O–H groups in total. The first-order valence-electron chi connectivity index (χ1n) is 3.39. The molecule has 0 aromatic rings. The third-order valence-electron chi connectivity index (χ3n) is 1.76. The molecule has 1 rings (SSSR count). The molecule has 10 heavy (non-hydrogen) atoms. The van der Waals surface area contributed by atoms with Crippen LogP contribution in [0.25, 0.3) is 0 Å². The van der Waals surface area contributed by atoms with Crippen LogP contribution >= 0.6 is 0 Å². The van der Waals surface area contributed by atoms with Gasteiger partial charge in [-0.3, -0.25) is 4.79 Å². The molecule has 1 aliphatic rings. The Bertz CT molecular complexity index is 129. The zero-order valence-corrected chi connectivity index (χ0v) is 5.66. The van der Waals surface area contributed by atoms with Crippen LogP contribution in [0.5, 0.6) is 0 Å². The van der Waals surface area contributed by atoms with Gasteiger partial charge in [0.25, 0.3) is 6.47 Å². The Kier molecular flexibility index (Phi) is 2.42. The van der Waals surface area contributed by atoms with Crippen molar-refractivity contribution < 1.29 is 14.3 Å². The van der Waals surface area contributed by atoms with Crippen LogP contribution in [0.4, 0.5) is 0 Å². The van der Waals surface area contributed by atoms with E-state index in [9.17, 15) is 9.59 Å². The van der Waals surface area contributed by atoms with Crippen molar-refractivity contribution in [1.82, 2.24) is 0 Å². The average molecular weight is 142 g/mol. The molecule has 1 saturated carbocycles. The topological polar surface area (TPSA) is 43.4 Å². The van der Waals surface area contributed by atoms with Crippen molar-refractivity contribution in [2.24, 2.45) is 11.8 Å². The normalized spacial score (nSPS) is 19.6. The van der Waals surface area contributed by atoms with Gasteiger partial charge in [-0.1, -0.05) is 0 Å². The van der Waals surface area contributed by atoms with Crippen molar-refractivity contribution >= 4 is 12.8 Å². The van der Waals surface area contributed by atoms with Crippen molar-refractivity contribution in [2.45, 2.75) is 12.8 Å². The Hall–Kier alpha value is -0.860. The molecule has 0 radical (unpaired) electrons. The van der Waals surface area contributed by atoms with Crippen LogP contribution in [-0.4, -0.2) is 19.4 Å². The van der Waals surface area contributed by atoms with Gasteiger partial charge in [-0.25, -0.2) is 0 Å². The number of carbonyl (C=O) groups is 2. The zero-order chi connectivity index (χ0) is 7.40. The van der Waals surface area contributed by atoms with Gasteiger partial charge in [0.05, 0.1) is 5.92 Å². The third-order valence-corrected chi connectivity index (χ3v) is 1.76. The first kappa shape index (κ1) is 7.25. The second-order valence-corrected chi connectivity index (χ2v) is 2.57. The van der Waals surface area contributed by atoms with Crippen LogP contribution in [0.1, 0.15) is 12.8 Å². The van der Waals surface area contributed by atoms with E-state index in [4.69, 9.17) is 0 Å². The molecule has 56 valence electrons. The molecular formula is C7H10O3. The Morgan fingerprint density at radius 1 is 1.50 bits per heavy atom. The molecule has 3 heteroatoms. The lowest BCUT2D eigenvalue weighted by molar-refractivity contribution is -0.131. The number of carbonyl (C=O) groups excluding carboxylic acids is 2. The van der Waals surface area contributed by atoms with Gasteiger partial charge in [-0.05, 0) is 18.8 Å². The molecule has 0 aliphatic heterocycles. The lowest BCUT2D eigenvalue weighted by Crippen LogP contribution is -2.12. The lowest BCUT2D eigenvalue weighted by Gasteiger charge is -2.04. The summed E-state index contributed by atoms with van der Waals surface area (Å²) in [5, 5.41) is 0. The second kappa shape index (κ2) is 3.34. The number of ether oxygens (including phenoxy) is 1. The first-order valence-corrected chi connectivity index (χ1v) is 3.39. The summed E-state index contributed by atoms with van der Waals surface area (Å²) in [6.45, 7) is 0.649. The zero-order valence-electron chi connectivity index (χ0n) is 5.66. The molecule has 1 fully saturated rings. The predicted molar refractivity (Wildman–Crippen MR) is 34.3 cm³/mol. The van der Waals surface area contributed by atoms with Crippen LogP contribution in [-0.2, 0) is 14.3 Å². The molecule has 0 bridgehead atoms. The summed E-state index contributed by atoms with van der Waals surface area (Å²) in [5.41, 5.74) is 0. The summed E-state index contributed by atoms with van der Waals surface area (Å²) in [5.74, 6) is 0.433. The standard InChI is InChI=1S/C7H10O3/c8-3-7(4-10-5-9)6-1-2-6/h3,5-7H,1-2,4H2. The molecule has 1 unspecified atom stereocenters. The molecule has 0 amide bonds. The Balaban J connectivity index is 2.18. The van der Waals surface area contributed by atoms with Gasteiger partial charge < -0.3 is 9.53 Å². The van der Waals surface area contributed by atoms with Crippen LogP contribution in [0.2, 0.25) is 0 Å². The van der Waals surface area contributed by atoms with E-state index >= 15 is 0 Å². The van der Waals surface area contributed by atoms with Gasteiger partial charge in [-0.2, -0.15) is 0 Å². The predicted octanol–water partition coefficient (Wildman–Crippen LogP) is 0.385. The van der Waals surface area contributed by atoms with Crippen LogP contribution < -0.4 is 0 Å². The van der Waals surface area contributed by atoms with E-state index in [0.29, 0.717) is 12.4 Å². The second-order valence-electron chi connectivity index (χ2n) is 2.57. The molecule has 1 atom stereocenters. The minimum absolute atomic E-state index is 0.0507. The highest BCUT2D eigenvalue weighted by Gasteiger charge is 2.31. The molecule has 0 aromatic carbocycles. The van der Waals surface area contributed by atoms with Gasteiger partial charge >= 0.3 is 0 Å². The largest absolute Gasteiger partial charge is 0.467 e. The summed E-state index contributed by atoms with van der Waals surface area (Å²) >= 11 is 0. The van der Waals surface area contributed by atoms with Gasteiger partial charge in [0.2, 0.25) is 0 Å². The highest BCUT2D eigenvalue weighted by Crippen LogP contribution is 2.35. The van der Waals surface area contributed by atoms with Crippen molar-refractivity contribution in [3.63, 3.8) is 0 Å². The minimum Gasteiger partial charge on any atom is -0.467 e. The highest BCUT2D eigenvalue weighted by atomic mass is 16.5. The maximum Gasteiger partial charge on any atom is 0.293 e. The smallest absolute Gasteiger partial charge is 0.293 e. The maximum atomic E-state index is 10.3. The van der Waals surface area contributed by atoms with E-state index in [1.165, 1.54) is 0 Å². The third kappa shape index (κ3) is 1.83. The summed E-state index contributed by atoms with van der Waals surface area (Å²) in [7, 11) is 0. The van der Waals surface area contributed by atoms with Crippen LogP contribution in [0.15, 0.2) is 0 Å². The van der Waals surface area contributed by atoms with E-state index in [2.05, 4.69) is 4.74 Å². The van der Waals surface area contributed by atoms with Crippen molar-refractivity contribution in [1.29, 1.82) is 0 Å². The van der Waals surface area contributed by atoms with E-state index in [1.54, 1.807) is 0 Å². The summed E-state index contributed by atoms with van der Waals surface area (Å²) < 4.78 is 4.48. The fraction of sp³-hybridized carbons (Fsp3) is 0.714. The van der Waals surface area contributed by atoms with E-state index in [-0.39, 0.29) is 12.5 Å². The summed E-state index contributed by atoms with van der Waals surface area (Å²) in [4.78, 5) is 20.0. The van der Waals surface area contributed by atoms with Gasteiger partial charge in [0.15, 0.2) is 0 Å². The fourth-order valence-electron chi connectivity index (χ4n) is 0.961. The van der Waals surface area contributed by atoms with E-state index in [1.807, 2.05) is 0 Å². The van der Waals surface area contributed by atoms with E-state index in [0.717, 1.165) is 19.1 Å². The lowest BCUT2D eigenvalue weighted by atomic mass is 10.1. The van der Waals surface area contributed by atoms with Crippen molar-refractivity contribution in [3.05, 3.63) is 0 Å². The molecule has 3 nitrogen and oxygen atoms in total. The van der Waals surface area contributed by atoms with Crippen LogP contribution in [0.3, 0.4) is 0 Å². The number of hydrogen-bond donors (Lipinski definition) is 0. The minimum atomic E-state index is -0.0507. The SMILES string of the molecule is O=COCC(C=O)C1CC1. The Morgan fingerprint density at radius 3 is 2.60 bits per heavy atom. The summed E-state index contributed by atoms with van der Waals surface area (Å²) in [6, 6.07) is 0. The van der Waals surface area contributed by atoms with Gasteiger partial charge in [-0.15, -0.1) is 0 Å². The monoisotopic (exact) mass is 142 g/mol. The number of hydrogen-bond acceptors (Lipinski definition) is 3. The molecular weight excluding hydrogens is 132 g/mol. The summed E-state index contributed by atoms with van der Waals surface area (Å²) in [6.07, 6.45) is 3.08. The Labute approximate surface area is 59.4 Å². The van der Waals surface area contributed by atoms with Gasteiger partial charge in [0.1, 0.15) is 12.9 Å². The van der Waals surface area contributed by atoms with Crippen molar-refractivity contribution in [2.75, 3.05) is 6.61 Å². The van der Waals surface area contributed by atoms with Gasteiger partial charge in [0, 0.05) is 0 Å². The average Bonchev–Trinajstić information content (AvgIpc) is 2.73. The maximum absolute atomic E-state index is 10.3. The van der Waals surface area contributed by atoms with E-state index < -0.39 is 0 Å². The molecule has 0 spiro atoms. The molecule has 0 heterocycles. The number of aldehydes is 1. The number of rotatable bonds is 5. The molecule has 0 saturated heterocycles. The first-order chi connectivity index (χ1) is 4.88. The molecule has 0 aromatic heterocycles. The molecule has 1 aliphatic carbocycles. The van der Waals surface area contributed by atoms with Crippen LogP contribution in [0, 0.1) is 11.8 Å². The Morgan fingerprint density at radius 2 is 2.20 bits per heavy atom.